The zero-order valence-corrected chi connectivity index (χ0v) is 11.2. The van der Waals surface area contributed by atoms with E-state index in [1.54, 1.807) is 19.5 Å². The van der Waals surface area contributed by atoms with Crippen molar-refractivity contribution in [1.29, 1.82) is 0 Å². The van der Waals surface area contributed by atoms with E-state index in [-0.39, 0.29) is 0 Å². The van der Waals surface area contributed by atoms with Gasteiger partial charge in [0.1, 0.15) is 18.1 Å². The molecule has 1 heterocycles. The number of rotatable bonds is 6. The summed E-state index contributed by atoms with van der Waals surface area (Å²) in [5.74, 6) is 1.70. The van der Waals surface area contributed by atoms with Crippen molar-refractivity contribution in [2.75, 3.05) is 14.2 Å². The zero-order valence-electron chi connectivity index (χ0n) is 11.2. The molecule has 4 heteroatoms. The Morgan fingerprint density at radius 3 is 2.63 bits per heavy atom. The summed E-state index contributed by atoms with van der Waals surface area (Å²) in [6, 6.07) is 9.72. The number of ether oxygens (including phenoxy) is 2. The van der Waals surface area contributed by atoms with E-state index in [0.717, 1.165) is 29.2 Å². The average Bonchev–Trinajstić information content (AvgIpc) is 2.47. The molecule has 2 aromatic rings. The summed E-state index contributed by atoms with van der Waals surface area (Å²) < 4.78 is 11.1. The van der Waals surface area contributed by atoms with Crippen molar-refractivity contribution in [2.45, 2.75) is 13.2 Å². The monoisotopic (exact) mass is 258 g/mol. The van der Waals surface area contributed by atoms with Crippen LogP contribution in [0, 0.1) is 0 Å². The molecule has 0 spiro atoms. The van der Waals surface area contributed by atoms with Gasteiger partial charge in [0.15, 0.2) is 0 Å². The number of pyridine rings is 1. The third-order valence-electron chi connectivity index (χ3n) is 2.78. The van der Waals surface area contributed by atoms with Crippen molar-refractivity contribution in [1.82, 2.24) is 10.3 Å². The van der Waals surface area contributed by atoms with Gasteiger partial charge < -0.3 is 14.8 Å². The Bertz CT molecular complexity index is 515. The fraction of sp³-hybridized carbons (Fsp3) is 0.267. The molecule has 1 aromatic carbocycles. The second-order valence-electron chi connectivity index (χ2n) is 4.15. The molecule has 0 amide bonds. The van der Waals surface area contributed by atoms with E-state index < -0.39 is 0 Å². The van der Waals surface area contributed by atoms with Crippen molar-refractivity contribution in [2.24, 2.45) is 0 Å². The van der Waals surface area contributed by atoms with Crippen molar-refractivity contribution >= 4 is 0 Å². The molecule has 0 aliphatic rings. The Kier molecular flexibility index (Phi) is 4.75. The molecule has 2 rings (SSSR count). The second-order valence-corrected chi connectivity index (χ2v) is 4.15. The van der Waals surface area contributed by atoms with Crippen LogP contribution in [-0.4, -0.2) is 19.1 Å². The standard InChI is InChI=1S/C15H18N2O2/c1-16-10-13-9-14(18-2)3-4-15(13)19-11-12-5-7-17-8-6-12/h3-9,16H,10-11H2,1-2H3. The minimum absolute atomic E-state index is 0.533. The molecule has 0 fully saturated rings. The number of nitrogens with zero attached hydrogens (tertiary/aromatic N) is 1. The van der Waals surface area contributed by atoms with E-state index in [1.807, 2.05) is 37.4 Å². The van der Waals surface area contributed by atoms with Crippen molar-refractivity contribution in [3.8, 4) is 11.5 Å². The quantitative estimate of drug-likeness (QED) is 0.864. The first-order chi connectivity index (χ1) is 9.33. The smallest absolute Gasteiger partial charge is 0.124 e. The highest BCUT2D eigenvalue weighted by molar-refractivity contribution is 5.40. The molecular weight excluding hydrogens is 240 g/mol. The van der Waals surface area contributed by atoms with E-state index in [1.165, 1.54) is 0 Å². The summed E-state index contributed by atoms with van der Waals surface area (Å²) in [6.07, 6.45) is 3.53. The van der Waals surface area contributed by atoms with Gasteiger partial charge in [-0.15, -0.1) is 0 Å². The molecule has 0 saturated carbocycles. The van der Waals surface area contributed by atoms with Crippen molar-refractivity contribution in [3.63, 3.8) is 0 Å². The molecule has 0 unspecified atom stereocenters. The van der Waals surface area contributed by atoms with Gasteiger partial charge in [-0.2, -0.15) is 0 Å². The van der Waals surface area contributed by atoms with Crippen LogP contribution >= 0.6 is 0 Å². The van der Waals surface area contributed by atoms with Crippen LogP contribution in [0.2, 0.25) is 0 Å². The lowest BCUT2D eigenvalue weighted by molar-refractivity contribution is 0.301. The fourth-order valence-electron chi connectivity index (χ4n) is 1.79. The summed E-state index contributed by atoms with van der Waals surface area (Å²) in [7, 11) is 3.57. The van der Waals surface area contributed by atoms with Crippen LogP contribution in [0.5, 0.6) is 11.5 Å². The molecule has 1 N–H and O–H groups in total. The molecule has 0 bridgehead atoms. The van der Waals surface area contributed by atoms with Crippen LogP contribution in [0.15, 0.2) is 42.7 Å². The van der Waals surface area contributed by atoms with E-state index in [4.69, 9.17) is 9.47 Å². The van der Waals surface area contributed by atoms with Gasteiger partial charge in [0.25, 0.3) is 0 Å². The Balaban J connectivity index is 2.10. The van der Waals surface area contributed by atoms with E-state index >= 15 is 0 Å². The fourth-order valence-corrected chi connectivity index (χ4v) is 1.79. The molecule has 0 atom stereocenters. The van der Waals surface area contributed by atoms with E-state index in [9.17, 15) is 0 Å². The molecule has 4 nitrogen and oxygen atoms in total. The summed E-state index contributed by atoms with van der Waals surface area (Å²) in [5, 5.41) is 3.13. The lowest BCUT2D eigenvalue weighted by atomic mass is 10.2. The molecular formula is C15H18N2O2. The minimum Gasteiger partial charge on any atom is -0.497 e. The highest BCUT2D eigenvalue weighted by Gasteiger charge is 2.05. The van der Waals surface area contributed by atoms with Gasteiger partial charge in [-0.25, -0.2) is 0 Å². The first-order valence-corrected chi connectivity index (χ1v) is 6.16. The molecule has 100 valence electrons. The number of hydrogen-bond donors (Lipinski definition) is 1. The second kappa shape index (κ2) is 6.75. The molecule has 1 aromatic heterocycles. The predicted octanol–water partition coefficient (Wildman–Crippen LogP) is 2.39. The Morgan fingerprint density at radius 1 is 1.16 bits per heavy atom. The van der Waals surface area contributed by atoms with Crippen LogP contribution in [0.25, 0.3) is 0 Å². The Morgan fingerprint density at radius 2 is 1.95 bits per heavy atom. The summed E-state index contributed by atoms with van der Waals surface area (Å²) in [4.78, 5) is 3.99. The lowest BCUT2D eigenvalue weighted by Crippen LogP contribution is -2.08. The summed E-state index contributed by atoms with van der Waals surface area (Å²) >= 11 is 0. The van der Waals surface area contributed by atoms with Crippen molar-refractivity contribution < 1.29 is 9.47 Å². The largest absolute Gasteiger partial charge is 0.497 e. The highest BCUT2D eigenvalue weighted by Crippen LogP contribution is 2.24. The Hall–Kier alpha value is -2.07. The van der Waals surface area contributed by atoms with Gasteiger partial charge in [-0.3, -0.25) is 4.98 Å². The maximum absolute atomic E-state index is 5.85. The number of methoxy groups -OCH3 is 1. The average molecular weight is 258 g/mol. The molecule has 0 radical (unpaired) electrons. The molecule has 19 heavy (non-hydrogen) atoms. The van der Waals surface area contributed by atoms with Crippen molar-refractivity contribution in [3.05, 3.63) is 53.9 Å². The summed E-state index contributed by atoms with van der Waals surface area (Å²) in [5.41, 5.74) is 2.18. The van der Waals surface area contributed by atoms with Gasteiger partial charge in [0, 0.05) is 24.5 Å². The zero-order chi connectivity index (χ0) is 13.5. The predicted molar refractivity (Wildman–Crippen MR) is 74.3 cm³/mol. The normalized spacial score (nSPS) is 10.2. The number of aromatic nitrogens is 1. The SMILES string of the molecule is CNCc1cc(OC)ccc1OCc1ccncc1. The van der Waals surface area contributed by atoms with Crippen LogP contribution in [0.1, 0.15) is 11.1 Å². The van der Waals surface area contributed by atoms with Crippen LogP contribution < -0.4 is 14.8 Å². The van der Waals surface area contributed by atoms with Gasteiger partial charge in [-0.1, -0.05) is 0 Å². The summed E-state index contributed by atoms with van der Waals surface area (Å²) in [6.45, 7) is 1.27. The topological polar surface area (TPSA) is 43.4 Å². The number of benzene rings is 1. The van der Waals surface area contributed by atoms with Gasteiger partial charge in [0.2, 0.25) is 0 Å². The van der Waals surface area contributed by atoms with Gasteiger partial charge in [-0.05, 0) is 42.9 Å². The van der Waals surface area contributed by atoms with Gasteiger partial charge in [0.05, 0.1) is 7.11 Å². The lowest BCUT2D eigenvalue weighted by Gasteiger charge is -2.12. The first kappa shape index (κ1) is 13.4. The maximum Gasteiger partial charge on any atom is 0.124 e. The molecule has 0 aliphatic carbocycles. The van der Waals surface area contributed by atoms with Crippen LogP contribution in [0.4, 0.5) is 0 Å². The van der Waals surface area contributed by atoms with Gasteiger partial charge >= 0.3 is 0 Å². The van der Waals surface area contributed by atoms with E-state index in [2.05, 4.69) is 10.3 Å². The highest BCUT2D eigenvalue weighted by atomic mass is 16.5. The third kappa shape index (κ3) is 3.69. The molecule has 0 saturated heterocycles. The first-order valence-electron chi connectivity index (χ1n) is 6.16. The maximum atomic E-state index is 5.85. The van der Waals surface area contributed by atoms with E-state index in [0.29, 0.717) is 6.61 Å². The van der Waals surface area contributed by atoms with Crippen LogP contribution in [0.3, 0.4) is 0 Å². The number of hydrogen-bond acceptors (Lipinski definition) is 4. The minimum atomic E-state index is 0.533. The number of nitrogens with one attached hydrogen (secondary N) is 1. The van der Waals surface area contributed by atoms with Crippen LogP contribution in [-0.2, 0) is 13.2 Å². The molecule has 0 aliphatic heterocycles. The third-order valence-corrected chi connectivity index (χ3v) is 2.78. The Labute approximate surface area is 113 Å².